The lowest BCUT2D eigenvalue weighted by Crippen LogP contribution is -2.57. The van der Waals surface area contributed by atoms with Gasteiger partial charge in [-0.3, -0.25) is 9.59 Å². The summed E-state index contributed by atoms with van der Waals surface area (Å²) >= 11 is 0. The summed E-state index contributed by atoms with van der Waals surface area (Å²) in [7, 11) is -3.74. The molecule has 0 saturated carbocycles. The van der Waals surface area contributed by atoms with Crippen LogP contribution in [-0.2, 0) is 19.8 Å². The summed E-state index contributed by atoms with van der Waals surface area (Å²) in [6.07, 6.45) is 3.31. The highest BCUT2D eigenvalue weighted by molar-refractivity contribution is 7.86. The predicted octanol–water partition coefficient (Wildman–Crippen LogP) is 2.33. The summed E-state index contributed by atoms with van der Waals surface area (Å²) in [5, 5.41) is 11.8. The standard InChI is InChI=1S/C25H33F2N5O4S/c1-2-5-22(19-10-20(26)12-21(27)11-19)29-24(33)23-7-4-9-32(23)25(34)18-6-3-8-30(16-18)37(35,36)31-14-17(13-28)15-31/h10-12,17-18,22-23H,2-9,14-16H2,1H3,(H,29,33)/t18-,22+,23+/m0/s1. The quantitative estimate of drug-likeness (QED) is 0.547. The molecule has 3 aliphatic rings. The molecular weight excluding hydrogens is 504 g/mol. The van der Waals surface area contributed by atoms with Crippen molar-refractivity contribution in [1.29, 1.82) is 5.26 Å². The number of halogens is 2. The highest BCUT2D eigenvalue weighted by atomic mass is 32.2. The lowest BCUT2D eigenvalue weighted by Gasteiger charge is -2.41. The monoisotopic (exact) mass is 537 g/mol. The first kappa shape index (κ1) is 27.4. The van der Waals surface area contributed by atoms with Crippen molar-refractivity contribution in [1.82, 2.24) is 18.8 Å². The van der Waals surface area contributed by atoms with Crippen molar-refractivity contribution < 1.29 is 26.8 Å². The minimum Gasteiger partial charge on any atom is -0.348 e. The smallest absolute Gasteiger partial charge is 0.282 e. The van der Waals surface area contributed by atoms with Gasteiger partial charge in [-0.05, 0) is 49.8 Å². The minimum atomic E-state index is -3.74. The zero-order chi connectivity index (χ0) is 26.7. The summed E-state index contributed by atoms with van der Waals surface area (Å²) < 4.78 is 56.1. The fraction of sp³-hybridized carbons (Fsp3) is 0.640. The van der Waals surface area contributed by atoms with Crippen molar-refractivity contribution >= 4 is 22.0 Å². The number of carbonyl (C=O) groups is 2. The second kappa shape index (κ2) is 11.4. The number of nitrogens with one attached hydrogen (secondary N) is 1. The summed E-state index contributed by atoms with van der Waals surface area (Å²) in [6.45, 7) is 2.98. The third kappa shape index (κ3) is 5.94. The van der Waals surface area contributed by atoms with E-state index in [9.17, 15) is 26.8 Å². The normalized spacial score (nSPS) is 24.3. The van der Waals surface area contributed by atoms with Crippen LogP contribution in [0.1, 0.15) is 57.1 Å². The Morgan fingerprint density at radius 1 is 1.08 bits per heavy atom. The molecule has 202 valence electrons. The van der Waals surface area contributed by atoms with E-state index in [0.717, 1.165) is 6.07 Å². The van der Waals surface area contributed by atoms with E-state index in [2.05, 4.69) is 11.4 Å². The number of hydrogen-bond donors (Lipinski definition) is 1. The van der Waals surface area contributed by atoms with Crippen LogP contribution in [0.3, 0.4) is 0 Å². The second-order valence-corrected chi connectivity index (χ2v) is 12.0. The molecule has 0 radical (unpaired) electrons. The SMILES string of the molecule is CCC[C@@H](NC(=O)[C@H]1CCCN1C(=O)[C@H]1CCCN(S(=O)(=O)N2CC(C#N)C2)C1)c1cc(F)cc(F)c1. The first-order chi connectivity index (χ1) is 17.6. The molecule has 1 aromatic carbocycles. The summed E-state index contributed by atoms with van der Waals surface area (Å²) in [5.41, 5.74) is 0.335. The van der Waals surface area contributed by atoms with Gasteiger partial charge in [-0.25, -0.2) is 8.78 Å². The van der Waals surface area contributed by atoms with E-state index in [1.54, 1.807) is 0 Å². The van der Waals surface area contributed by atoms with Crippen LogP contribution in [0.4, 0.5) is 8.78 Å². The van der Waals surface area contributed by atoms with E-state index >= 15 is 0 Å². The Kier molecular flexibility index (Phi) is 8.46. The molecule has 2 amide bonds. The Hall–Kier alpha value is -2.62. The molecule has 0 aliphatic carbocycles. The summed E-state index contributed by atoms with van der Waals surface area (Å²) in [4.78, 5) is 28.3. The summed E-state index contributed by atoms with van der Waals surface area (Å²) in [5.74, 6) is -2.94. The first-order valence-electron chi connectivity index (χ1n) is 12.9. The third-order valence-corrected chi connectivity index (χ3v) is 9.37. The van der Waals surface area contributed by atoms with Gasteiger partial charge in [-0.1, -0.05) is 13.3 Å². The van der Waals surface area contributed by atoms with Crippen molar-refractivity contribution in [3.63, 3.8) is 0 Å². The molecule has 0 spiro atoms. The first-order valence-corrected chi connectivity index (χ1v) is 14.3. The van der Waals surface area contributed by atoms with Crippen molar-refractivity contribution in [3.8, 4) is 6.07 Å². The van der Waals surface area contributed by atoms with Gasteiger partial charge < -0.3 is 10.2 Å². The number of amides is 2. The van der Waals surface area contributed by atoms with Gasteiger partial charge in [0.25, 0.3) is 10.2 Å². The topological polar surface area (TPSA) is 114 Å². The Bertz CT molecular complexity index is 1150. The van der Waals surface area contributed by atoms with E-state index in [1.165, 1.54) is 25.6 Å². The molecule has 3 saturated heterocycles. The molecule has 37 heavy (non-hydrogen) atoms. The van der Waals surface area contributed by atoms with Gasteiger partial charge in [0, 0.05) is 38.8 Å². The molecule has 1 N–H and O–H groups in total. The van der Waals surface area contributed by atoms with E-state index in [4.69, 9.17) is 5.26 Å². The number of likely N-dealkylation sites (tertiary alicyclic amines) is 1. The van der Waals surface area contributed by atoms with Crippen LogP contribution in [0, 0.1) is 34.8 Å². The van der Waals surface area contributed by atoms with E-state index < -0.39 is 39.8 Å². The van der Waals surface area contributed by atoms with Crippen LogP contribution in [-0.4, -0.2) is 72.5 Å². The molecule has 3 aliphatic heterocycles. The minimum absolute atomic E-state index is 0.0424. The Morgan fingerprint density at radius 2 is 1.76 bits per heavy atom. The van der Waals surface area contributed by atoms with Crippen LogP contribution >= 0.6 is 0 Å². The second-order valence-electron chi connectivity index (χ2n) is 10.1. The Morgan fingerprint density at radius 3 is 2.41 bits per heavy atom. The van der Waals surface area contributed by atoms with Gasteiger partial charge in [0.05, 0.1) is 23.9 Å². The number of nitrogens with zero attached hydrogens (tertiary/aromatic N) is 4. The predicted molar refractivity (Wildman–Crippen MR) is 131 cm³/mol. The van der Waals surface area contributed by atoms with Crippen molar-refractivity contribution in [2.45, 2.75) is 57.5 Å². The number of rotatable bonds is 8. The number of nitriles is 1. The van der Waals surface area contributed by atoms with Crippen LogP contribution in [0.5, 0.6) is 0 Å². The van der Waals surface area contributed by atoms with Crippen molar-refractivity contribution in [2.24, 2.45) is 11.8 Å². The zero-order valence-corrected chi connectivity index (χ0v) is 21.7. The van der Waals surface area contributed by atoms with Crippen LogP contribution in [0.25, 0.3) is 0 Å². The number of carbonyl (C=O) groups excluding carboxylic acids is 2. The molecule has 9 nitrogen and oxygen atoms in total. The van der Waals surface area contributed by atoms with Crippen LogP contribution in [0.15, 0.2) is 18.2 Å². The third-order valence-electron chi connectivity index (χ3n) is 7.44. The Labute approximate surface area is 216 Å². The van der Waals surface area contributed by atoms with Crippen LogP contribution in [0.2, 0.25) is 0 Å². The molecule has 3 heterocycles. The zero-order valence-electron chi connectivity index (χ0n) is 20.9. The van der Waals surface area contributed by atoms with E-state index in [1.807, 2.05) is 6.92 Å². The fourth-order valence-electron chi connectivity index (χ4n) is 5.42. The van der Waals surface area contributed by atoms with E-state index in [0.29, 0.717) is 57.2 Å². The summed E-state index contributed by atoms with van der Waals surface area (Å²) in [6, 6.07) is 3.94. The van der Waals surface area contributed by atoms with Crippen molar-refractivity contribution in [2.75, 3.05) is 32.7 Å². The maximum atomic E-state index is 13.8. The molecule has 0 aromatic heterocycles. The molecule has 0 bridgehead atoms. The van der Waals surface area contributed by atoms with Gasteiger partial charge in [-0.15, -0.1) is 0 Å². The lowest BCUT2D eigenvalue weighted by atomic mass is 9.97. The Balaban J connectivity index is 1.42. The average molecular weight is 538 g/mol. The maximum Gasteiger partial charge on any atom is 0.282 e. The van der Waals surface area contributed by atoms with Gasteiger partial charge in [-0.2, -0.15) is 22.3 Å². The van der Waals surface area contributed by atoms with Gasteiger partial charge in [0.15, 0.2) is 0 Å². The molecule has 1 aromatic rings. The lowest BCUT2D eigenvalue weighted by molar-refractivity contribution is -0.142. The number of hydrogen-bond acceptors (Lipinski definition) is 5. The van der Waals surface area contributed by atoms with Crippen molar-refractivity contribution in [3.05, 3.63) is 35.4 Å². The molecule has 4 rings (SSSR count). The van der Waals surface area contributed by atoms with Gasteiger partial charge in [0.2, 0.25) is 11.8 Å². The number of piperidine rings is 1. The molecule has 12 heteroatoms. The molecule has 0 unspecified atom stereocenters. The highest BCUT2D eigenvalue weighted by Gasteiger charge is 2.44. The number of benzene rings is 1. The van der Waals surface area contributed by atoms with Gasteiger partial charge >= 0.3 is 0 Å². The molecule has 3 fully saturated rings. The van der Waals surface area contributed by atoms with E-state index in [-0.39, 0.29) is 37.4 Å². The molecular formula is C25H33F2N5O4S. The van der Waals surface area contributed by atoms with Gasteiger partial charge in [0.1, 0.15) is 17.7 Å². The molecule has 3 atom stereocenters. The van der Waals surface area contributed by atoms with Crippen LogP contribution < -0.4 is 5.32 Å². The maximum absolute atomic E-state index is 13.8. The highest BCUT2D eigenvalue weighted by Crippen LogP contribution is 2.30. The largest absolute Gasteiger partial charge is 0.348 e. The fourth-order valence-corrected chi connectivity index (χ4v) is 7.21. The average Bonchev–Trinajstić information content (AvgIpc) is 3.32.